The van der Waals surface area contributed by atoms with Gasteiger partial charge in [0, 0.05) is 5.92 Å². The molecule has 2 atom stereocenters. The molecule has 0 amide bonds. The zero-order chi connectivity index (χ0) is 7.40. The first-order chi connectivity index (χ1) is 4.88. The average Bonchev–Trinajstić information content (AvgIpc) is 2.65. The molecular weight excluding hydrogens is 128 g/mol. The summed E-state index contributed by atoms with van der Waals surface area (Å²) < 4.78 is 5.27. The average molecular weight is 142 g/mol. The minimum absolute atomic E-state index is 0.138. The summed E-state index contributed by atoms with van der Waals surface area (Å²) in [4.78, 5) is 0. The molecule has 2 heteroatoms. The largest absolute Gasteiger partial charge is 0.394 e. The highest BCUT2D eigenvalue weighted by molar-refractivity contribution is 5.02. The van der Waals surface area contributed by atoms with E-state index in [4.69, 9.17) is 9.84 Å². The summed E-state index contributed by atoms with van der Waals surface area (Å²) in [6, 6.07) is 0. The molecule has 0 aromatic rings. The Bertz CT molecular complexity index is 120. The van der Waals surface area contributed by atoms with Crippen molar-refractivity contribution in [3.8, 4) is 0 Å². The van der Waals surface area contributed by atoms with Gasteiger partial charge in [-0.05, 0) is 13.3 Å². The van der Waals surface area contributed by atoms with Gasteiger partial charge in [-0.15, -0.1) is 0 Å². The predicted octanol–water partition coefficient (Wildman–Crippen LogP) is 0.960. The van der Waals surface area contributed by atoms with Gasteiger partial charge in [-0.1, -0.05) is 12.2 Å². The van der Waals surface area contributed by atoms with Crippen molar-refractivity contribution in [3.63, 3.8) is 0 Å². The molecule has 0 radical (unpaired) electrons. The van der Waals surface area contributed by atoms with Gasteiger partial charge in [0.05, 0.1) is 19.3 Å². The van der Waals surface area contributed by atoms with E-state index >= 15 is 0 Å². The molecule has 0 unspecified atom stereocenters. The first-order valence-electron chi connectivity index (χ1n) is 3.73. The van der Waals surface area contributed by atoms with Gasteiger partial charge in [-0.3, -0.25) is 0 Å². The highest BCUT2D eigenvalue weighted by atomic mass is 16.5. The van der Waals surface area contributed by atoms with E-state index in [2.05, 4.69) is 6.08 Å². The minimum atomic E-state index is 0.138. The summed E-state index contributed by atoms with van der Waals surface area (Å²) in [6.07, 6.45) is 5.72. The molecule has 1 rings (SSSR count). The molecule has 1 N–H and O–H groups in total. The van der Waals surface area contributed by atoms with Crippen molar-refractivity contribution in [1.29, 1.82) is 0 Å². The Balaban J connectivity index is 2.02. The maximum Gasteiger partial charge on any atom is 0.0701 e. The number of hydrogen-bond acceptors (Lipinski definition) is 2. The van der Waals surface area contributed by atoms with Crippen LogP contribution in [0.2, 0.25) is 0 Å². The number of aliphatic hydroxyl groups excluding tert-OH is 1. The number of ether oxygens (including phenoxy) is 1. The third-order valence-electron chi connectivity index (χ3n) is 1.64. The van der Waals surface area contributed by atoms with Crippen LogP contribution in [0.1, 0.15) is 13.3 Å². The van der Waals surface area contributed by atoms with E-state index in [9.17, 15) is 0 Å². The van der Waals surface area contributed by atoms with Crippen LogP contribution >= 0.6 is 0 Å². The lowest BCUT2D eigenvalue weighted by Crippen LogP contribution is -2.01. The Kier molecular flexibility index (Phi) is 2.90. The summed E-state index contributed by atoms with van der Waals surface area (Å²) in [7, 11) is 0. The van der Waals surface area contributed by atoms with Crippen molar-refractivity contribution in [2.75, 3.05) is 13.2 Å². The Morgan fingerprint density at radius 3 is 3.10 bits per heavy atom. The van der Waals surface area contributed by atoms with Crippen molar-refractivity contribution in [3.05, 3.63) is 12.2 Å². The third kappa shape index (κ3) is 2.12. The Labute approximate surface area is 61.5 Å². The molecule has 1 fully saturated rings. The second kappa shape index (κ2) is 3.74. The molecule has 0 spiro atoms. The summed E-state index contributed by atoms with van der Waals surface area (Å²) in [6.45, 7) is 2.64. The van der Waals surface area contributed by atoms with Crippen LogP contribution in [0.5, 0.6) is 0 Å². The lowest BCUT2D eigenvalue weighted by molar-refractivity contribution is 0.0760. The van der Waals surface area contributed by atoms with Gasteiger partial charge in [-0.2, -0.15) is 0 Å². The lowest BCUT2D eigenvalue weighted by atomic mass is 10.4. The summed E-state index contributed by atoms with van der Waals surface area (Å²) in [5, 5.41) is 8.42. The van der Waals surface area contributed by atoms with Gasteiger partial charge in [0.15, 0.2) is 0 Å². The fourth-order valence-electron chi connectivity index (χ4n) is 1.04. The van der Waals surface area contributed by atoms with Gasteiger partial charge in [0.1, 0.15) is 0 Å². The van der Waals surface area contributed by atoms with Crippen LogP contribution in [-0.4, -0.2) is 24.4 Å². The maximum absolute atomic E-state index is 8.42. The molecule has 0 aromatic heterocycles. The van der Waals surface area contributed by atoms with Crippen LogP contribution in [0, 0.1) is 5.92 Å². The van der Waals surface area contributed by atoms with E-state index in [0.29, 0.717) is 18.6 Å². The first kappa shape index (κ1) is 7.76. The molecule has 0 bridgehead atoms. The summed E-state index contributed by atoms with van der Waals surface area (Å²) >= 11 is 0. The van der Waals surface area contributed by atoms with Gasteiger partial charge >= 0.3 is 0 Å². The Morgan fingerprint density at radius 2 is 2.50 bits per heavy atom. The van der Waals surface area contributed by atoms with Crippen LogP contribution in [0.4, 0.5) is 0 Å². The first-order valence-corrected chi connectivity index (χ1v) is 3.73. The molecule has 0 saturated heterocycles. The molecule has 1 aliphatic rings. The minimum Gasteiger partial charge on any atom is -0.394 e. The highest BCUT2D eigenvalue weighted by Crippen LogP contribution is 2.34. The maximum atomic E-state index is 8.42. The van der Waals surface area contributed by atoms with Crippen LogP contribution in [-0.2, 0) is 4.74 Å². The second-order valence-corrected chi connectivity index (χ2v) is 2.56. The van der Waals surface area contributed by atoms with Crippen molar-refractivity contribution < 1.29 is 9.84 Å². The smallest absolute Gasteiger partial charge is 0.0701 e. The third-order valence-corrected chi connectivity index (χ3v) is 1.64. The number of rotatable bonds is 4. The monoisotopic (exact) mass is 142 g/mol. The Hall–Kier alpha value is -0.340. The van der Waals surface area contributed by atoms with E-state index in [0.717, 1.165) is 6.42 Å². The molecule has 0 aliphatic heterocycles. The van der Waals surface area contributed by atoms with Crippen LogP contribution in [0.3, 0.4) is 0 Å². The van der Waals surface area contributed by atoms with Crippen molar-refractivity contribution >= 4 is 0 Å². The van der Waals surface area contributed by atoms with E-state index in [1.165, 1.54) is 0 Å². The summed E-state index contributed by atoms with van der Waals surface area (Å²) in [5.74, 6) is 0.622. The topological polar surface area (TPSA) is 29.5 Å². The van der Waals surface area contributed by atoms with Crippen molar-refractivity contribution in [2.24, 2.45) is 5.92 Å². The van der Waals surface area contributed by atoms with Crippen molar-refractivity contribution in [1.82, 2.24) is 0 Å². The zero-order valence-electron chi connectivity index (χ0n) is 6.29. The van der Waals surface area contributed by atoms with Gasteiger partial charge in [0.25, 0.3) is 0 Å². The normalized spacial score (nSPS) is 31.4. The van der Waals surface area contributed by atoms with E-state index in [-0.39, 0.29) is 6.61 Å². The fraction of sp³-hybridized carbons (Fsp3) is 0.750. The predicted molar refractivity (Wildman–Crippen MR) is 39.7 cm³/mol. The zero-order valence-corrected chi connectivity index (χ0v) is 6.29. The van der Waals surface area contributed by atoms with E-state index in [1.807, 2.05) is 13.0 Å². The Morgan fingerprint density at radius 1 is 1.70 bits per heavy atom. The van der Waals surface area contributed by atoms with Crippen LogP contribution in [0.25, 0.3) is 0 Å². The lowest BCUT2D eigenvalue weighted by Gasteiger charge is -1.96. The molecule has 1 saturated carbocycles. The van der Waals surface area contributed by atoms with Gasteiger partial charge in [-0.25, -0.2) is 0 Å². The van der Waals surface area contributed by atoms with Crippen LogP contribution < -0.4 is 0 Å². The van der Waals surface area contributed by atoms with E-state index < -0.39 is 0 Å². The molecule has 1 aliphatic carbocycles. The SMILES string of the molecule is C/C=C/[C@H]1C[C@@H]1OCCO. The molecular formula is C8H14O2. The number of hydrogen-bond donors (Lipinski definition) is 1. The number of allylic oxidation sites excluding steroid dienone is 1. The molecule has 0 heterocycles. The standard InChI is InChI=1S/C8H14O2/c1-2-3-7-6-8(7)10-5-4-9/h2-3,7-9H,4-6H2,1H3/b3-2+/t7-,8-/m0/s1. The van der Waals surface area contributed by atoms with E-state index in [1.54, 1.807) is 0 Å². The highest BCUT2D eigenvalue weighted by Gasteiger charge is 2.35. The number of aliphatic hydroxyl groups is 1. The molecule has 0 aromatic carbocycles. The summed E-state index contributed by atoms with van der Waals surface area (Å²) in [5.41, 5.74) is 0. The molecule has 10 heavy (non-hydrogen) atoms. The molecule has 2 nitrogen and oxygen atoms in total. The fourth-order valence-corrected chi connectivity index (χ4v) is 1.04. The second-order valence-electron chi connectivity index (χ2n) is 2.56. The quantitative estimate of drug-likeness (QED) is 0.592. The van der Waals surface area contributed by atoms with Crippen LogP contribution in [0.15, 0.2) is 12.2 Å². The molecule has 58 valence electrons. The van der Waals surface area contributed by atoms with Crippen molar-refractivity contribution in [2.45, 2.75) is 19.4 Å². The van der Waals surface area contributed by atoms with Gasteiger partial charge in [0.2, 0.25) is 0 Å². The van der Waals surface area contributed by atoms with Gasteiger partial charge < -0.3 is 9.84 Å².